The molecule has 2 aromatic carbocycles. The summed E-state index contributed by atoms with van der Waals surface area (Å²) in [5.41, 5.74) is 1.62. The van der Waals surface area contributed by atoms with E-state index >= 15 is 0 Å². The molecule has 0 spiro atoms. The van der Waals surface area contributed by atoms with Crippen molar-refractivity contribution in [3.63, 3.8) is 0 Å². The van der Waals surface area contributed by atoms with E-state index in [1.165, 1.54) is 4.90 Å². The number of rotatable bonds is 6. The van der Waals surface area contributed by atoms with Crippen LogP contribution < -0.4 is 5.32 Å². The van der Waals surface area contributed by atoms with Gasteiger partial charge in [0.1, 0.15) is 6.04 Å². The number of nitrogens with one attached hydrogen (secondary N) is 1. The third-order valence-electron chi connectivity index (χ3n) is 3.58. The van der Waals surface area contributed by atoms with Crippen molar-refractivity contribution in [2.45, 2.75) is 26.4 Å². The van der Waals surface area contributed by atoms with Gasteiger partial charge in [-0.25, -0.2) is 9.59 Å². The molecule has 126 valence electrons. The molecule has 2 aromatic rings. The van der Waals surface area contributed by atoms with Crippen LogP contribution in [-0.4, -0.2) is 29.5 Å². The Morgan fingerprint density at radius 3 is 2.21 bits per heavy atom. The van der Waals surface area contributed by atoms with Crippen molar-refractivity contribution >= 4 is 17.7 Å². The zero-order valence-corrected chi connectivity index (χ0v) is 13.9. The van der Waals surface area contributed by atoms with E-state index in [-0.39, 0.29) is 12.6 Å². The van der Waals surface area contributed by atoms with E-state index < -0.39 is 12.0 Å². The van der Waals surface area contributed by atoms with Crippen molar-refractivity contribution in [3.05, 3.63) is 66.2 Å². The summed E-state index contributed by atoms with van der Waals surface area (Å²) in [5, 5.41) is 2.82. The number of hydrogen-bond acceptors (Lipinski definition) is 3. The first-order chi connectivity index (χ1) is 11.6. The maximum absolute atomic E-state index is 12.7. The number of nitrogens with zero attached hydrogens (tertiary/aromatic N) is 1. The Labute approximate surface area is 142 Å². The number of ether oxygens (including phenoxy) is 1. The van der Waals surface area contributed by atoms with Gasteiger partial charge in [0.15, 0.2) is 0 Å². The Balaban J connectivity index is 2.17. The average molecular weight is 326 g/mol. The van der Waals surface area contributed by atoms with Crippen LogP contribution in [0.2, 0.25) is 0 Å². The van der Waals surface area contributed by atoms with Gasteiger partial charge in [-0.3, -0.25) is 0 Å². The van der Waals surface area contributed by atoms with E-state index in [1.807, 2.05) is 48.5 Å². The molecule has 0 aliphatic heterocycles. The van der Waals surface area contributed by atoms with Crippen LogP contribution in [0.3, 0.4) is 0 Å². The number of para-hydroxylation sites is 1. The maximum Gasteiger partial charge on any atom is 0.328 e. The first-order valence-corrected chi connectivity index (χ1v) is 7.95. The topological polar surface area (TPSA) is 58.6 Å². The molecule has 2 rings (SSSR count). The molecule has 0 bridgehead atoms. The smallest absolute Gasteiger partial charge is 0.328 e. The van der Waals surface area contributed by atoms with Gasteiger partial charge in [0, 0.05) is 12.2 Å². The summed E-state index contributed by atoms with van der Waals surface area (Å²) < 4.78 is 5.06. The molecule has 2 amide bonds. The van der Waals surface area contributed by atoms with Crippen LogP contribution in [0.1, 0.15) is 19.4 Å². The van der Waals surface area contributed by atoms with Crippen molar-refractivity contribution < 1.29 is 14.3 Å². The van der Waals surface area contributed by atoms with Crippen molar-refractivity contribution in [1.82, 2.24) is 4.90 Å². The molecule has 0 saturated heterocycles. The predicted octanol–water partition coefficient (Wildman–Crippen LogP) is 3.67. The lowest BCUT2D eigenvalue weighted by atomic mass is 10.2. The number of anilines is 1. The van der Waals surface area contributed by atoms with Crippen LogP contribution in [0.15, 0.2) is 60.7 Å². The molecule has 1 N–H and O–H groups in total. The molecule has 0 saturated carbocycles. The highest BCUT2D eigenvalue weighted by atomic mass is 16.5. The number of carbonyl (C=O) groups excluding carboxylic acids is 2. The van der Waals surface area contributed by atoms with Crippen molar-refractivity contribution in [2.24, 2.45) is 0 Å². The second-order valence-corrected chi connectivity index (χ2v) is 5.34. The lowest BCUT2D eigenvalue weighted by Gasteiger charge is -2.28. The summed E-state index contributed by atoms with van der Waals surface area (Å²) in [4.78, 5) is 26.2. The molecule has 0 radical (unpaired) electrons. The minimum Gasteiger partial charge on any atom is -0.464 e. The zero-order valence-electron chi connectivity index (χ0n) is 13.9. The van der Waals surface area contributed by atoms with E-state index in [2.05, 4.69) is 5.32 Å². The molecule has 0 aromatic heterocycles. The molecular formula is C19H22N2O3. The summed E-state index contributed by atoms with van der Waals surface area (Å²) in [6.07, 6.45) is 0. The van der Waals surface area contributed by atoms with Crippen molar-refractivity contribution in [2.75, 3.05) is 11.9 Å². The van der Waals surface area contributed by atoms with Gasteiger partial charge in [0.05, 0.1) is 6.61 Å². The lowest BCUT2D eigenvalue weighted by Crippen LogP contribution is -2.45. The van der Waals surface area contributed by atoms with Crippen molar-refractivity contribution in [1.29, 1.82) is 0 Å². The standard InChI is InChI=1S/C19H22N2O3/c1-3-24-18(22)15(2)21(14-16-10-6-4-7-11-16)19(23)20-17-12-8-5-9-13-17/h4-13,15H,3,14H2,1-2H3,(H,20,23). The molecule has 1 unspecified atom stereocenters. The quantitative estimate of drug-likeness (QED) is 0.824. The molecule has 0 fully saturated rings. The van der Waals surface area contributed by atoms with Crippen LogP contribution >= 0.6 is 0 Å². The molecular weight excluding hydrogens is 304 g/mol. The Bertz CT molecular complexity index is 659. The van der Waals surface area contributed by atoms with Crippen LogP contribution in [0, 0.1) is 0 Å². The number of urea groups is 1. The largest absolute Gasteiger partial charge is 0.464 e. The SMILES string of the molecule is CCOC(=O)C(C)N(Cc1ccccc1)C(=O)Nc1ccccc1. The van der Waals surface area contributed by atoms with Gasteiger partial charge in [-0.05, 0) is 31.5 Å². The fraction of sp³-hybridized carbons (Fsp3) is 0.263. The summed E-state index contributed by atoms with van der Waals surface area (Å²) in [7, 11) is 0. The fourth-order valence-corrected chi connectivity index (χ4v) is 2.27. The Morgan fingerprint density at radius 2 is 1.62 bits per heavy atom. The minimum absolute atomic E-state index is 0.280. The maximum atomic E-state index is 12.7. The van der Waals surface area contributed by atoms with Crippen LogP contribution in [0.5, 0.6) is 0 Å². The molecule has 0 aliphatic rings. The van der Waals surface area contributed by atoms with Gasteiger partial charge >= 0.3 is 12.0 Å². The third kappa shape index (κ3) is 4.84. The average Bonchev–Trinajstić information content (AvgIpc) is 2.61. The normalized spacial score (nSPS) is 11.4. The van der Waals surface area contributed by atoms with E-state index in [4.69, 9.17) is 4.74 Å². The highest BCUT2D eigenvalue weighted by molar-refractivity contribution is 5.92. The molecule has 5 heteroatoms. The highest BCUT2D eigenvalue weighted by Gasteiger charge is 2.27. The number of carbonyl (C=O) groups is 2. The van der Waals surface area contributed by atoms with Gasteiger partial charge in [0.25, 0.3) is 0 Å². The summed E-state index contributed by atoms with van der Waals surface area (Å²) >= 11 is 0. The van der Waals surface area contributed by atoms with Crippen LogP contribution in [-0.2, 0) is 16.1 Å². The minimum atomic E-state index is -0.686. The van der Waals surface area contributed by atoms with Gasteiger partial charge in [-0.1, -0.05) is 48.5 Å². The number of esters is 1. The molecule has 1 atom stereocenters. The van der Waals surface area contributed by atoms with E-state index in [9.17, 15) is 9.59 Å². The Hall–Kier alpha value is -2.82. The lowest BCUT2D eigenvalue weighted by molar-refractivity contribution is -0.147. The van der Waals surface area contributed by atoms with Gasteiger partial charge in [-0.2, -0.15) is 0 Å². The van der Waals surface area contributed by atoms with Crippen LogP contribution in [0.4, 0.5) is 10.5 Å². The summed E-state index contributed by atoms with van der Waals surface area (Å²) in [6.45, 7) is 4.02. The first-order valence-electron chi connectivity index (χ1n) is 7.95. The van der Waals surface area contributed by atoms with Gasteiger partial charge < -0.3 is 15.0 Å². The number of amides is 2. The fourth-order valence-electron chi connectivity index (χ4n) is 2.27. The van der Waals surface area contributed by atoms with Gasteiger partial charge in [0.2, 0.25) is 0 Å². The van der Waals surface area contributed by atoms with E-state index in [0.29, 0.717) is 12.2 Å². The van der Waals surface area contributed by atoms with Crippen molar-refractivity contribution in [3.8, 4) is 0 Å². The van der Waals surface area contributed by atoms with E-state index in [0.717, 1.165) is 5.56 Å². The first kappa shape index (κ1) is 17.5. The summed E-state index contributed by atoms with van der Waals surface area (Å²) in [5.74, 6) is -0.420. The monoisotopic (exact) mass is 326 g/mol. The Morgan fingerprint density at radius 1 is 1.04 bits per heavy atom. The third-order valence-corrected chi connectivity index (χ3v) is 3.58. The highest BCUT2D eigenvalue weighted by Crippen LogP contribution is 2.13. The molecule has 5 nitrogen and oxygen atoms in total. The molecule has 24 heavy (non-hydrogen) atoms. The number of hydrogen-bond donors (Lipinski definition) is 1. The predicted molar refractivity (Wildman–Crippen MR) is 93.5 cm³/mol. The molecule has 0 aliphatic carbocycles. The zero-order chi connectivity index (χ0) is 17.4. The van der Waals surface area contributed by atoms with Gasteiger partial charge in [-0.15, -0.1) is 0 Å². The summed E-state index contributed by atoms with van der Waals surface area (Å²) in [6, 6.07) is 17.7. The van der Waals surface area contributed by atoms with E-state index in [1.54, 1.807) is 26.0 Å². The van der Waals surface area contributed by atoms with Crippen LogP contribution in [0.25, 0.3) is 0 Å². The second-order valence-electron chi connectivity index (χ2n) is 5.34. The molecule has 0 heterocycles. The second kappa shape index (κ2) is 8.72. The Kier molecular flexibility index (Phi) is 6.37. The number of benzene rings is 2.